The Bertz CT molecular complexity index is 1180. The Hall–Kier alpha value is -3.42. The highest BCUT2D eigenvalue weighted by atomic mass is 16.5. The van der Waals surface area contributed by atoms with Gasteiger partial charge in [0, 0.05) is 18.0 Å². The third kappa shape index (κ3) is 2.46. The van der Waals surface area contributed by atoms with Gasteiger partial charge in [0.25, 0.3) is 5.56 Å². The predicted molar refractivity (Wildman–Crippen MR) is 96.2 cm³/mol. The normalized spacial score (nSPS) is 11.3. The van der Waals surface area contributed by atoms with Crippen LogP contribution in [0.4, 0.5) is 0 Å². The van der Waals surface area contributed by atoms with E-state index in [1.165, 1.54) is 12.3 Å². The highest BCUT2D eigenvalue weighted by Gasteiger charge is 2.17. The minimum atomic E-state index is -0.519. The molecular weight excluding hydrogens is 334 g/mol. The molecule has 0 aliphatic carbocycles. The summed E-state index contributed by atoms with van der Waals surface area (Å²) in [5.74, 6) is -0.519. The number of fused-ring (bicyclic) bond motifs is 2. The highest BCUT2D eigenvalue weighted by Crippen LogP contribution is 2.23. The van der Waals surface area contributed by atoms with Crippen molar-refractivity contribution in [2.45, 2.75) is 20.4 Å². The maximum absolute atomic E-state index is 12.4. The van der Waals surface area contributed by atoms with E-state index in [-0.39, 0.29) is 17.7 Å². The molecule has 1 aromatic carbocycles. The Labute approximate surface area is 148 Å². The van der Waals surface area contributed by atoms with Gasteiger partial charge in [0.1, 0.15) is 5.56 Å². The van der Waals surface area contributed by atoms with Gasteiger partial charge in [-0.05, 0) is 31.5 Å². The van der Waals surface area contributed by atoms with E-state index in [0.29, 0.717) is 11.3 Å². The standard InChI is InChI=1S/C18H17N5O3/c1-3-22-15-6-5-11(7-12(15)9-19-22)14-8-16(24)23-17(21-14)13(10-20-23)18(25)26-4-2/h5-10,21H,3-4H2,1-2H3. The van der Waals surface area contributed by atoms with Crippen molar-refractivity contribution in [1.29, 1.82) is 0 Å². The number of ether oxygens (including phenoxy) is 1. The van der Waals surface area contributed by atoms with Crippen LogP contribution in [0.1, 0.15) is 24.2 Å². The van der Waals surface area contributed by atoms with Crippen molar-refractivity contribution in [3.05, 3.63) is 52.6 Å². The quantitative estimate of drug-likeness (QED) is 0.569. The summed E-state index contributed by atoms with van der Waals surface area (Å²) in [7, 11) is 0. The molecule has 0 bridgehead atoms. The van der Waals surface area contributed by atoms with Crippen molar-refractivity contribution in [1.82, 2.24) is 24.4 Å². The van der Waals surface area contributed by atoms with Crippen LogP contribution >= 0.6 is 0 Å². The van der Waals surface area contributed by atoms with Crippen LogP contribution in [0.5, 0.6) is 0 Å². The molecule has 4 aromatic rings. The summed E-state index contributed by atoms with van der Waals surface area (Å²) in [5.41, 5.74) is 2.66. The average molecular weight is 351 g/mol. The van der Waals surface area contributed by atoms with Gasteiger partial charge in [-0.1, -0.05) is 6.07 Å². The lowest BCUT2D eigenvalue weighted by Crippen LogP contribution is -2.15. The predicted octanol–water partition coefficient (Wildman–Crippen LogP) is 2.24. The molecule has 8 nitrogen and oxygen atoms in total. The van der Waals surface area contributed by atoms with Gasteiger partial charge in [0.05, 0.1) is 30.2 Å². The van der Waals surface area contributed by atoms with Gasteiger partial charge in [-0.25, -0.2) is 4.79 Å². The van der Waals surface area contributed by atoms with Crippen LogP contribution in [-0.4, -0.2) is 37.0 Å². The molecule has 0 unspecified atom stereocenters. The fourth-order valence-corrected chi connectivity index (χ4v) is 3.00. The lowest BCUT2D eigenvalue weighted by molar-refractivity contribution is 0.0528. The molecule has 0 saturated carbocycles. The number of esters is 1. The lowest BCUT2D eigenvalue weighted by Gasteiger charge is -2.05. The Balaban J connectivity index is 1.87. The van der Waals surface area contributed by atoms with Gasteiger partial charge in [0.2, 0.25) is 0 Å². The molecule has 0 fully saturated rings. The van der Waals surface area contributed by atoms with Crippen LogP contribution in [-0.2, 0) is 11.3 Å². The summed E-state index contributed by atoms with van der Waals surface area (Å²) in [6, 6.07) is 7.29. The third-order valence-electron chi connectivity index (χ3n) is 4.25. The summed E-state index contributed by atoms with van der Waals surface area (Å²) >= 11 is 0. The molecule has 0 saturated heterocycles. The second-order valence-corrected chi connectivity index (χ2v) is 5.79. The topological polar surface area (TPSA) is 94.3 Å². The van der Waals surface area contributed by atoms with E-state index in [4.69, 9.17) is 4.74 Å². The summed E-state index contributed by atoms with van der Waals surface area (Å²) in [5, 5.41) is 9.29. The zero-order chi connectivity index (χ0) is 18.3. The average Bonchev–Trinajstić information content (AvgIpc) is 3.25. The molecule has 8 heteroatoms. The van der Waals surface area contributed by atoms with Crippen LogP contribution in [0.3, 0.4) is 0 Å². The number of aryl methyl sites for hydroxylation is 1. The Kier molecular flexibility index (Phi) is 3.80. The van der Waals surface area contributed by atoms with Gasteiger partial charge in [-0.2, -0.15) is 14.7 Å². The molecule has 0 aliphatic rings. The molecule has 3 heterocycles. The Morgan fingerprint density at radius 3 is 2.81 bits per heavy atom. The number of hydrogen-bond acceptors (Lipinski definition) is 5. The second kappa shape index (κ2) is 6.14. The van der Waals surface area contributed by atoms with Crippen LogP contribution in [0.2, 0.25) is 0 Å². The first kappa shape index (κ1) is 16.1. The molecule has 132 valence electrons. The maximum Gasteiger partial charge on any atom is 0.343 e. The molecule has 0 radical (unpaired) electrons. The second-order valence-electron chi connectivity index (χ2n) is 5.79. The monoisotopic (exact) mass is 351 g/mol. The first-order chi connectivity index (χ1) is 12.6. The molecule has 4 rings (SSSR count). The van der Waals surface area contributed by atoms with Crippen LogP contribution in [0.25, 0.3) is 27.8 Å². The molecular formula is C18H17N5O3. The van der Waals surface area contributed by atoms with Gasteiger partial charge in [-0.3, -0.25) is 9.48 Å². The van der Waals surface area contributed by atoms with E-state index in [0.717, 1.165) is 27.5 Å². The van der Waals surface area contributed by atoms with E-state index in [1.54, 1.807) is 13.1 Å². The SMILES string of the molecule is CCOC(=O)c1cnn2c(=O)cc(-c3ccc4c(cnn4CC)c3)[nH]c12. The van der Waals surface area contributed by atoms with E-state index in [1.807, 2.05) is 29.8 Å². The number of rotatable bonds is 4. The van der Waals surface area contributed by atoms with Gasteiger partial charge in [0.15, 0.2) is 5.65 Å². The zero-order valence-corrected chi connectivity index (χ0v) is 14.4. The number of hydrogen-bond donors (Lipinski definition) is 1. The number of aromatic nitrogens is 5. The first-order valence-corrected chi connectivity index (χ1v) is 8.36. The first-order valence-electron chi connectivity index (χ1n) is 8.36. The van der Waals surface area contributed by atoms with Crippen molar-refractivity contribution in [2.24, 2.45) is 0 Å². The number of nitrogens with zero attached hydrogens (tertiary/aromatic N) is 4. The van der Waals surface area contributed by atoms with Crippen LogP contribution in [0, 0.1) is 0 Å². The number of aromatic amines is 1. The molecule has 1 N–H and O–H groups in total. The molecule has 0 aliphatic heterocycles. The van der Waals surface area contributed by atoms with Crippen molar-refractivity contribution in [3.63, 3.8) is 0 Å². The number of H-pyrrole nitrogens is 1. The van der Waals surface area contributed by atoms with Crippen molar-refractivity contribution in [2.75, 3.05) is 6.61 Å². The van der Waals surface area contributed by atoms with Crippen molar-refractivity contribution >= 4 is 22.5 Å². The fraction of sp³-hybridized carbons (Fsp3) is 0.222. The fourth-order valence-electron chi connectivity index (χ4n) is 3.00. The minimum absolute atomic E-state index is 0.227. The molecule has 3 aromatic heterocycles. The largest absolute Gasteiger partial charge is 0.462 e. The molecule has 0 spiro atoms. The lowest BCUT2D eigenvalue weighted by atomic mass is 10.1. The van der Waals surface area contributed by atoms with E-state index in [9.17, 15) is 9.59 Å². The van der Waals surface area contributed by atoms with Gasteiger partial charge >= 0.3 is 5.97 Å². The van der Waals surface area contributed by atoms with Gasteiger partial charge < -0.3 is 9.72 Å². The number of carbonyl (C=O) groups is 1. The van der Waals surface area contributed by atoms with E-state index < -0.39 is 5.97 Å². The summed E-state index contributed by atoms with van der Waals surface area (Å²) < 4.78 is 8.09. The summed E-state index contributed by atoms with van der Waals surface area (Å²) in [6.07, 6.45) is 3.13. The van der Waals surface area contributed by atoms with E-state index >= 15 is 0 Å². The maximum atomic E-state index is 12.4. The highest BCUT2D eigenvalue weighted by molar-refractivity contribution is 5.96. The molecule has 0 amide bonds. The Morgan fingerprint density at radius 1 is 1.19 bits per heavy atom. The van der Waals surface area contributed by atoms with E-state index in [2.05, 4.69) is 15.2 Å². The molecule has 0 atom stereocenters. The van der Waals surface area contributed by atoms with Crippen molar-refractivity contribution in [3.8, 4) is 11.3 Å². The number of benzene rings is 1. The summed E-state index contributed by atoms with van der Waals surface area (Å²) in [4.78, 5) is 27.6. The Morgan fingerprint density at radius 2 is 2.04 bits per heavy atom. The van der Waals surface area contributed by atoms with Gasteiger partial charge in [-0.15, -0.1) is 0 Å². The molecule has 26 heavy (non-hydrogen) atoms. The number of carbonyl (C=O) groups excluding carboxylic acids is 1. The van der Waals surface area contributed by atoms with Crippen LogP contribution < -0.4 is 5.56 Å². The third-order valence-corrected chi connectivity index (χ3v) is 4.25. The number of nitrogens with one attached hydrogen (secondary N) is 1. The zero-order valence-electron chi connectivity index (χ0n) is 14.4. The summed E-state index contributed by atoms with van der Waals surface area (Å²) in [6.45, 7) is 4.79. The van der Waals surface area contributed by atoms with Crippen LogP contribution in [0.15, 0.2) is 41.5 Å². The minimum Gasteiger partial charge on any atom is -0.462 e. The van der Waals surface area contributed by atoms with Crippen molar-refractivity contribution < 1.29 is 9.53 Å². The smallest absolute Gasteiger partial charge is 0.343 e.